The quantitative estimate of drug-likeness (QED) is 0.453. The van der Waals surface area contributed by atoms with E-state index in [0.717, 1.165) is 26.2 Å². The van der Waals surface area contributed by atoms with Crippen molar-refractivity contribution in [3.8, 4) is 0 Å². The standard InChI is InChI=1S/C11H22N2/c1-5-7-12-8-10-13(9-6-2)11(3)4/h5-6,11-12H,1-2,7-10H2,3-4H3. The Morgan fingerprint density at radius 2 is 2.00 bits per heavy atom. The number of nitrogens with zero attached hydrogens (tertiary/aromatic N) is 1. The van der Waals surface area contributed by atoms with Crippen LogP contribution in [0.3, 0.4) is 0 Å². The fourth-order valence-corrected chi connectivity index (χ4v) is 1.15. The Morgan fingerprint density at radius 3 is 2.46 bits per heavy atom. The Bertz CT molecular complexity index is 141. The van der Waals surface area contributed by atoms with E-state index in [1.165, 1.54) is 0 Å². The van der Waals surface area contributed by atoms with Gasteiger partial charge in [-0.05, 0) is 13.8 Å². The number of nitrogens with one attached hydrogen (secondary N) is 1. The third-order valence-electron chi connectivity index (χ3n) is 1.96. The summed E-state index contributed by atoms with van der Waals surface area (Å²) in [6.45, 7) is 15.7. The molecule has 2 nitrogen and oxygen atoms in total. The second kappa shape index (κ2) is 8.02. The molecule has 0 aliphatic carbocycles. The van der Waals surface area contributed by atoms with Crippen molar-refractivity contribution >= 4 is 0 Å². The van der Waals surface area contributed by atoms with Gasteiger partial charge in [0.2, 0.25) is 0 Å². The molecular formula is C11H22N2. The minimum Gasteiger partial charge on any atom is -0.312 e. The molecule has 0 aromatic rings. The predicted molar refractivity (Wildman–Crippen MR) is 60.0 cm³/mol. The SMILES string of the molecule is C=CCNCCN(CC=C)C(C)C. The lowest BCUT2D eigenvalue weighted by molar-refractivity contribution is 0.247. The summed E-state index contributed by atoms with van der Waals surface area (Å²) in [6.07, 6.45) is 3.83. The van der Waals surface area contributed by atoms with Crippen LogP contribution in [0.15, 0.2) is 25.3 Å². The van der Waals surface area contributed by atoms with Crippen molar-refractivity contribution in [3.63, 3.8) is 0 Å². The fourth-order valence-electron chi connectivity index (χ4n) is 1.15. The highest BCUT2D eigenvalue weighted by molar-refractivity contribution is 4.77. The van der Waals surface area contributed by atoms with Crippen LogP contribution in [0.5, 0.6) is 0 Å². The van der Waals surface area contributed by atoms with Gasteiger partial charge in [0.25, 0.3) is 0 Å². The van der Waals surface area contributed by atoms with Gasteiger partial charge in [0.1, 0.15) is 0 Å². The van der Waals surface area contributed by atoms with Gasteiger partial charge in [0.15, 0.2) is 0 Å². The first-order chi connectivity index (χ1) is 6.22. The van der Waals surface area contributed by atoms with Crippen LogP contribution in [0.4, 0.5) is 0 Å². The monoisotopic (exact) mass is 182 g/mol. The lowest BCUT2D eigenvalue weighted by Gasteiger charge is -2.24. The van der Waals surface area contributed by atoms with Gasteiger partial charge in [-0.2, -0.15) is 0 Å². The number of rotatable bonds is 8. The Kier molecular flexibility index (Phi) is 7.65. The molecule has 0 aromatic carbocycles. The molecule has 0 saturated heterocycles. The molecule has 76 valence electrons. The molecule has 0 amide bonds. The number of hydrogen-bond acceptors (Lipinski definition) is 2. The minimum atomic E-state index is 0.587. The molecule has 0 radical (unpaired) electrons. The van der Waals surface area contributed by atoms with Crippen molar-refractivity contribution in [2.45, 2.75) is 19.9 Å². The van der Waals surface area contributed by atoms with Crippen molar-refractivity contribution in [1.82, 2.24) is 10.2 Å². The van der Waals surface area contributed by atoms with E-state index < -0.39 is 0 Å². The molecule has 0 rings (SSSR count). The molecule has 0 unspecified atom stereocenters. The molecule has 0 bridgehead atoms. The third-order valence-corrected chi connectivity index (χ3v) is 1.96. The van der Waals surface area contributed by atoms with Crippen LogP contribution in [0.2, 0.25) is 0 Å². The van der Waals surface area contributed by atoms with E-state index >= 15 is 0 Å². The first-order valence-electron chi connectivity index (χ1n) is 4.89. The van der Waals surface area contributed by atoms with Crippen LogP contribution < -0.4 is 5.32 Å². The molecule has 13 heavy (non-hydrogen) atoms. The zero-order valence-corrected chi connectivity index (χ0v) is 8.92. The number of hydrogen-bond donors (Lipinski definition) is 1. The summed E-state index contributed by atoms with van der Waals surface area (Å²) in [5.41, 5.74) is 0. The van der Waals surface area contributed by atoms with Crippen LogP contribution in [-0.2, 0) is 0 Å². The molecule has 2 heteroatoms. The molecule has 0 atom stereocenters. The highest BCUT2D eigenvalue weighted by atomic mass is 15.2. The van der Waals surface area contributed by atoms with Crippen LogP contribution in [0.25, 0.3) is 0 Å². The Morgan fingerprint density at radius 1 is 1.31 bits per heavy atom. The van der Waals surface area contributed by atoms with Gasteiger partial charge in [-0.15, -0.1) is 13.2 Å². The zero-order chi connectivity index (χ0) is 10.1. The van der Waals surface area contributed by atoms with Gasteiger partial charge in [-0.25, -0.2) is 0 Å². The maximum atomic E-state index is 3.75. The largest absolute Gasteiger partial charge is 0.312 e. The van der Waals surface area contributed by atoms with Crippen LogP contribution >= 0.6 is 0 Å². The van der Waals surface area contributed by atoms with Gasteiger partial charge < -0.3 is 5.32 Å². The van der Waals surface area contributed by atoms with E-state index in [4.69, 9.17) is 0 Å². The van der Waals surface area contributed by atoms with E-state index in [9.17, 15) is 0 Å². The smallest absolute Gasteiger partial charge is 0.0163 e. The van der Waals surface area contributed by atoms with E-state index in [-0.39, 0.29) is 0 Å². The molecule has 0 fully saturated rings. The summed E-state index contributed by atoms with van der Waals surface area (Å²) < 4.78 is 0. The Labute approximate surface area is 82.3 Å². The summed E-state index contributed by atoms with van der Waals surface area (Å²) in [6, 6.07) is 0.587. The third kappa shape index (κ3) is 6.55. The van der Waals surface area contributed by atoms with Gasteiger partial charge in [-0.3, -0.25) is 4.90 Å². The van der Waals surface area contributed by atoms with E-state index in [0.29, 0.717) is 6.04 Å². The summed E-state index contributed by atoms with van der Waals surface area (Å²) >= 11 is 0. The molecule has 0 spiro atoms. The Hall–Kier alpha value is -0.600. The van der Waals surface area contributed by atoms with Gasteiger partial charge in [-0.1, -0.05) is 12.2 Å². The molecule has 0 aromatic heterocycles. The highest BCUT2D eigenvalue weighted by Crippen LogP contribution is 1.96. The average molecular weight is 182 g/mol. The molecule has 0 saturated carbocycles. The van der Waals surface area contributed by atoms with E-state index in [2.05, 4.69) is 37.2 Å². The maximum absolute atomic E-state index is 3.75. The summed E-state index contributed by atoms with van der Waals surface area (Å²) in [4.78, 5) is 2.38. The maximum Gasteiger partial charge on any atom is 0.0163 e. The van der Waals surface area contributed by atoms with Crippen molar-refractivity contribution < 1.29 is 0 Å². The summed E-state index contributed by atoms with van der Waals surface area (Å²) in [5, 5.41) is 3.28. The Balaban J connectivity index is 3.56. The van der Waals surface area contributed by atoms with Crippen LogP contribution in [0, 0.1) is 0 Å². The van der Waals surface area contributed by atoms with Crippen LogP contribution in [-0.4, -0.2) is 37.1 Å². The fraction of sp³-hybridized carbons (Fsp3) is 0.636. The topological polar surface area (TPSA) is 15.3 Å². The van der Waals surface area contributed by atoms with E-state index in [1.807, 2.05) is 12.2 Å². The zero-order valence-electron chi connectivity index (χ0n) is 8.92. The normalized spacial score (nSPS) is 10.8. The first-order valence-corrected chi connectivity index (χ1v) is 4.89. The van der Waals surface area contributed by atoms with Gasteiger partial charge >= 0.3 is 0 Å². The molecule has 0 heterocycles. The summed E-state index contributed by atoms with van der Waals surface area (Å²) in [7, 11) is 0. The average Bonchev–Trinajstić information content (AvgIpc) is 2.10. The van der Waals surface area contributed by atoms with E-state index in [1.54, 1.807) is 0 Å². The van der Waals surface area contributed by atoms with Crippen molar-refractivity contribution in [2.24, 2.45) is 0 Å². The molecule has 0 aliphatic rings. The van der Waals surface area contributed by atoms with Crippen molar-refractivity contribution in [1.29, 1.82) is 0 Å². The summed E-state index contributed by atoms with van der Waals surface area (Å²) in [5.74, 6) is 0. The van der Waals surface area contributed by atoms with Gasteiger partial charge in [0, 0.05) is 32.2 Å². The van der Waals surface area contributed by atoms with Gasteiger partial charge in [0.05, 0.1) is 0 Å². The van der Waals surface area contributed by atoms with Crippen molar-refractivity contribution in [2.75, 3.05) is 26.2 Å². The lowest BCUT2D eigenvalue weighted by atomic mass is 10.3. The molecular weight excluding hydrogens is 160 g/mol. The van der Waals surface area contributed by atoms with Crippen molar-refractivity contribution in [3.05, 3.63) is 25.3 Å². The minimum absolute atomic E-state index is 0.587. The lowest BCUT2D eigenvalue weighted by Crippen LogP contribution is -2.37. The second-order valence-corrected chi connectivity index (χ2v) is 3.37. The van der Waals surface area contributed by atoms with Crippen LogP contribution in [0.1, 0.15) is 13.8 Å². The first kappa shape index (κ1) is 12.4. The second-order valence-electron chi connectivity index (χ2n) is 3.37. The highest BCUT2D eigenvalue weighted by Gasteiger charge is 2.05. The molecule has 1 N–H and O–H groups in total. The molecule has 0 aliphatic heterocycles. The predicted octanol–water partition coefficient (Wildman–Crippen LogP) is 1.66.